The maximum atomic E-state index is 11.7. The minimum absolute atomic E-state index is 1.06. The Labute approximate surface area is 114 Å². The highest BCUT2D eigenvalue weighted by Gasteiger charge is 2.73. The summed E-state index contributed by atoms with van der Waals surface area (Å²) in [5.41, 5.74) is 0. The van der Waals surface area contributed by atoms with E-state index in [4.69, 9.17) is 0 Å². The van der Waals surface area contributed by atoms with E-state index in [0.29, 0.717) is 0 Å². The molecule has 0 unspecified atom stereocenters. The third kappa shape index (κ3) is 4.33. The number of aliphatic carboxylic acids is 1. The Balaban J connectivity index is 0.000000423. The van der Waals surface area contributed by atoms with E-state index < -0.39 is 24.0 Å². The molecule has 0 spiro atoms. The fourth-order valence-electron chi connectivity index (χ4n) is 0.995. The number of nitrogens with zero attached hydrogens (tertiary/aromatic N) is 2. The number of aromatic nitrogens is 2. The van der Waals surface area contributed by atoms with Crippen molar-refractivity contribution in [1.29, 1.82) is 0 Å². The second kappa shape index (κ2) is 6.31. The number of hydrogen-bond donors (Lipinski definition) is 0. The van der Waals surface area contributed by atoms with Crippen molar-refractivity contribution >= 4 is 5.97 Å². The standard InChI is InChI=1S/C6H11N2.C4HF7O2/c1-3-8-5-4-7(2)6-8;5-2(6,1(12)13)3(7,8)4(9,10)11/h4-6H,3H2,1-2H3;(H,12,13)/q+1;/p-1. The average molecular weight is 324 g/mol. The summed E-state index contributed by atoms with van der Waals surface area (Å²) in [5.74, 6) is -16.7. The highest BCUT2D eigenvalue weighted by Crippen LogP contribution is 2.46. The number of hydrogen-bond acceptors (Lipinski definition) is 2. The zero-order valence-electron chi connectivity index (χ0n) is 10.8. The smallest absolute Gasteiger partial charge is 0.460 e. The fourth-order valence-corrected chi connectivity index (χ4v) is 0.995. The summed E-state index contributed by atoms with van der Waals surface area (Å²) < 4.78 is 84.4. The van der Waals surface area contributed by atoms with Crippen molar-refractivity contribution in [1.82, 2.24) is 4.57 Å². The van der Waals surface area contributed by atoms with Crippen molar-refractivity contribution in [2.75, 3.05) is 0 Å². The molecule has 0 fully saturated rings. The van der Waals surface area contributed by atoms with Gasteiger partial charge < -0.3 is 9.90 Å². The number of aryl methyl sites for hydroxylation is 2. The maximum Gasteiger partial charge on any atom is 0.460 e. The van der Waals surface area contributed by atoms with Gasteiger partial charge in [0.2, 0.25) is 6.33 Å². The first-order valence-corrected chi connectivity index (χ1v) is 5.32. The molecule has 0 aromatic carbocycles. The lowest BCUT2D eigenvalue weighted by molar-refractivity contribution is -0.671. The van der Waals surface area contributed by atoms with Crippen LogP contribution in [0, 0.1) is 0 Å². The molecule has 21 heavy (non-hydrogen) atoms. The van der Waals surface area contributed by atoms with Gasteiger partial charge in [-0.2, -0.15) is 30.7 Å². The van der Waals surface area contributed by atoms with Gasteiger partial charge >= 0.3 is 18.0 Å². The number of carbonyl (C=O) groups is 1. The molecule has 0 aliphatic heterocycles. The molecular formula is C10H11F7N2O2. The van der Waals surface area contributed by atoms with Crippen molar-refractivity contribution in [3.8, 4) is 0 Å². The van der Waals surface area contributed by atoms with Gasteiger partial charge in [0.05, 0.1) is 13.6 Å². The molecule has 0 radical (unpaired) electrons. The zero-order chi connectivity index (χ0) is 17.1. The summed E-state index contributed by atoms with van der Waals surface area (Å²) in [4.78, 5) is 9.27. The molecule has 0 aliphatic rings. The number of halogens is 7. The molecule has 1 aromatic heterocycles. The first-order chi connectivity index (χ1) is 9.27. The Morgan fingerprint density at radius 1 is 1.19 bits per heavy atom. The van der Waals surface area contributed by atoms with Crippen LogP contribution in [0.4, 0.5) is 30.7 Å². The molecule has 1 rings (SSSR count). The van der Waals surface area contributed by atoms with Gasteiger partial charge in [-0.25, -0.2) is 9.13 Å². The summed E-state index contributed by atoms with van der Waals surface area (Å²) in [6, 6.07) is 0. The van der Waals surface area contributed by atoms with Crippen molar-refractivity contribution < 1.29 is 45.2 Å². The Morgan fingerprint density at radius 2 is 1.67 bits per heavy atom. The summed E-state index contributed by atoms with van der Waals surface area (Å²) >= 11 is 0. The van der Waals surface area contributed by atoms with Gasteiger partial charge in [0.1, 0.15) is 18.4 Å². The molecule has 1 aromatic rings. The lowest BCUT2D eigenvalue weighted by atomic mass is 10.1. The maximum absolute atomic E-state index is 11.7. The van der Waals surface area contributed by atoms with Gasteiger partial charge in [-0.05, 0) is 6.92 Å². The van der Waals surface area contributed by atoms with Gasteiger partial charge in [0.25, 0.3) is 0 Å². The van der Waals surface area contributed by atoms with Crippen molar-refractivity contribution in [2.45, 2.75) is 31.5 Å². The SMILES string of the molecule is CCn1cc[n+](C)c1.O=C([O-])C(F)(F)C(F)(F)C(F)(F)F. The van der Waals surface area contributed by atoms with Crippen LogP contribution < -0.4 is 9.67 Å². The molecule has 0 saturated carbocycles. The average Bonchev–Trinajstić information content (AvgIpc) is 2.74. The summed E-state index contributed by atoms with van der Waals surface area (Å²) in [7, 11) is 2.02. The quantitative estimate of drug-likeness (QED) is 0.613. The van der Waals surface area contributed by atoms with Crippen molar-refractivity contribution in [2.24, 2.45) is 7.05 Å². The van der Waals surface area contributed by atoms with E-state index in [9.17, 15) is 40.6 Å². The minimum Gasteiger partial charge on any atom is -0.544 e. The zero-order valence-corrected chi connectivity index (χ0v) is 10.8. The Bertz CT molecular complexity index is 482. The van der Waals surface area contributed by atoms with Crippen LogP contribution in [-0.2, 0) is 18.4 Å². The lowest BCUT2D eigenvalue weighted by Gasteiger charge is -2.28. The number of carboxylic acid groups (broad SMARTS) is 1. The van der Waals surface area contributed by atoms with E-state index in [2.05, 4.69) is 24.0 Å². The van der Waals surface area contributed by atoms with Gasteiger partial charge in [-0.3, -0.25) is 0 Å². The van der Waals surface area contributed by atoms with Crippen LogP contribution in [0.15, 0.2) is 18.7 Å². The van der Waals surface area contributed by atoms with Crippen LogP contribution in [0.1, 0.15) is 6.92 Å². The topological polar surface area (TPSA) is 48.9 Å². The second-order valence-corrected chi connectivity index (χ2v) is 3.84. The van der Waals surface area contributed by atoms with Crippen molar-refractivity contribution in [3.05, 3.63) is 18.7 Å². The third-order valence-corrected chi connectivity index (χ3v) is 2.20. The minimum atomic E-state index is -6.64. The molecule has 0 saturated heterocycles. The van der Waals surface area contributed by atoms with E-state index in [0.717, 1.165) is 6.54 Å². The molecule has 0 amide bonds. The van der Waals surface area contributed by atoms with E-state index in [1.165, 1.54) is 0 Å². The first kappa shape index (κ1) is 19.2. The molecule has 122 valence electrons. The largest absolute Gasteiger partial charge is 0.544 e. The predicted octanol–water partition coefficient (Wildman–Crippen LogP) is 0.902. The van der Waals surface area contributed by atoms with Gasteiger partial charge in [-0.15, -0.1) is 0 Å². The van der Waals surface area contributed by atoms with E-state index in [1.54, 1.807) is 0 Å². The lowest BCUT2D eigenvalue weighted by Crippen LogP contribution is -2.60. The molecule has 0 N–H and O–H groups in total. The monoisotopic (exact) mass is 324 g/mol. The molecule has 0 aliphatic carbocycles. The van der Waals surface area contributed by atoms with Gasteiger partial charge in [0, 0.05) is 0 Å². The Kier molecular flexibility index (Phi) is 5.76. The normalized spacial score (nSPS) is 12.6. The third-order valence-electron chi connectivity index (χ3n) is 2.20. The molecule has 4 nitrogen and oxygen atoms in total. The van der Waals surface area contributed by atoms with Gasteiger partial charge in [-0.1, -0.05) is 0 Å². The van der Waals surface area contributed by atoms with E-state index >= 15 is 0 Å². The predicted molar refractivity (Wildman–Crippen MR) is 52.2 cm³/mol. The van der Waals surface area contributed by atoms with Crippen LogP contribution >= 0.6 is 0 Å². The van der Waals surface area contributed by atoms with Gasteiger partial charge in [0.15, 0.2) is 0 Å². The molecule has 0 bridgehead atoms. The Morgan fingerprint density at radius 3 is 1.81 bits per heavy atom. The molecule has 0 atom stereocenters. The number of carboxylic acids is 1. The van der Waals surface area contributed by atoms with Crippen LogP contribution in [-0.4, -0.2) is 28.6 Å². The summed E-state index contributed by atoms with van der Waals surface area (Å²) in [6.07, 6.45) is -0.500. The number of imidazole rings is 1. The fraction of sp³-hybridized carbons (Fsp3) is 0.600. The van der Waals surface area contributed by atoms with E-state index in [-0.39, 0.29) is 0 Å². The summed E-state index contributed by atoms with van der Waals surface area (Å²) in [5, 5.41) is 9.27. The Hall–Kier alpha value is -1.81. The van der Waals surface area contributed by atoms with Crippen LogP contribution in [0.2, 0.25) is 0 Å². The second-order valence-electron chi connectivity index (χ2n) is 3.84. The van der Waals surface area contributed by atoms with Crippen LogP contribution in [0.25, 0.3) is 0 Å². The first-order valence-electron chi connectivity index (χ1n) is 5.32. The van der Waals surface area contributed by atoms with E-state index in [1.807, 2.05) is 17.8 Å². The summed E-state index contributed by atoms with van der Waals surface area (Å²) in [6.45, 7) is 3.18. The number of carbonyl (C=O) groups excluding carboxylic acids is 1. The van der Waals surface area contributed by atoms with Crippen molar-refractivity contribution in [3.63, 3.8) is 0 Å². The number of alkyl halides is 7. The molecule has 11 heteroatoms. The highest BCUT2D eigenvalue weighted by molar-refractivity contribution is 5.74. The number of rotatable bonds is 3. The highest BCUT2D eigenvalue weighted by atomic mass is 19.4. The molecular weight excluding hydrogens is 313 g/mol. The van der Waals surface area contributed by atoms with Crippen LogP contribution in [0.5, 0.6) is 0 Å². The molecule has 1 heterocycles. The van der Waals surface area contributed by atoms with Crippen LogP contribution in [0.3, 0.4) is 0 Å².